The molecule has 1 amide bonds. The number of aromatic amines is 1. The molecule has 1 fully saturated rings. The molecule has 7 nitrogen and oxygen atoms in total. The van der Waals surface area contributed by atoms with E-state index < -0.39 is 12.0 Å². The quantitative estimate of drug-likeness (QED) is 0.516. The van der Waals surface area contributed by atoms with Gasteiger partial charge in [0, 0.05) is 17.2 Å². The number of hydrogen-bond acceptors (Lipinski definition) is 5. The summed E-state index contributed by atoms with van der Waals surface area (Å²) in [5.74, 6) is -0.121. The van der Waals surface area contributed by atoms with Gasteiger partial charge < -0.3 is 19.0 Å². The lowest BCUT2D eigenvalue weighted by atomic mass is 9.98. The minimum atomic E-state index is -0.688. The second kappa shape index (κ2) is 9.32. The predicted molar refractivity (Wildman–Crippen MR) is 111 cm³/mol. The summed E-state index contributed by atoms with van der Waals surface area (Å²) in [6.07, 6.45) is 5.33. The van der Waals surface area contributed by atoms with E-state index in [1.54, 1.807) is 51.0 Å². The molecule has 3 rings (SSSR count). The first-order valence-corrected chi connectivity index (χ1v) is 10.6. The summed E-state index contributed by atoms with van der Waals surface area (Å²) < 4.78 is 10.5. The number of ketones is 1. The molecular weight excluding hydrogens is 384 g/mol. The Kier molecular flexibility index (Phi) is 6.80. The number of ether oxygens (including phenoxy) is 1. The van der Waals surface area contributed by atoms with Crippen molar-refractivity contribution in [1.29, 1.82) is 0 Å². The van der Waals surface area contributed by atoms with Crippen LogP contribution in [0.15, 0.2) is 22.8 Å². The SMILES string of the molecule is CCOC(=O)c1[nH]c(C)c(C(=O)[C@@H](C)N(Cc2ccco2)C(=O)C2CCCC2)c1C. The lowest BCUT2D eigenvalue weighted by Gasteiger charge is -2.30. The fourth-order valence-corrected chi connectivity index (χ4v) is 4.26. The van der Waals surface area contributed by atoms with E-state index in [9.17, 15) is 14.4 Å². The number of Topliss-reactive ketones (excluding diaryl/α,β-unsaturated/α-hetero) is 1. The van der Waals surface area contributed by atoms with Gasteiger partial charge in [0.05, 0.1) is 25.5 Å². The molecule has 0 radical (unpaired) electrons. The van der Waals surface area contributed by atoms with Gasteiger partial charge in [-0.2, -0.15) is 0 Å². The van der Waals surface area contributed by atoms with Gasteiger partial charge in [-0.15, -0.1) is 0 Å². The van der Waals surface area contributed by atoms with Crippen LogP contribution in [-0.2, 0) is 16.1 Å². The lowest BCUT2D eigenvalue weighted by Crippen LogP contribution is -2.45. The highest BCUT2D eigenvalue weighted by molar-refractivity contribution is 6.06. The van der Waals surface area contributed by atoms with Crippen molar-refractivity contribution in [3.05, 3.63) is 46.7 Å². The Labute approximate surface area is 176 Å². The van der Waals surface area contributed by atoms with Crippen molar-refractivity contribution in [2.45, 2.75) is 66.0 Å². The molecule has 1 aliphatic rings. The van der Waals surface area contributed by atoms with Crippen molar-refractivity contribution in [3.8, 4) is 0 Å². The van der Waals surface area contributed by atoms with E-state index in [-0.39, 0.29) is 36.5 Å². The van der Waals surface area contributed by atoms with Crippen LogP contribution in [0.4, 0.5) is 0 Å². The number of amides is 1. The maximum absolute atomic E-state index is 13.5. The molecule has 1 saturated carbocycles. The highest BCUT2D eigenvalue weighted by Gasteiger charge is 2.35. The Morgan fingerprint density at radius 1 is 1.27 bits per heavy atom. The van der Waals surface area contributed by atoms with Gasteiger partial charge in [-0.1, -0.05) is 12.8 Å². The molecule has 0 saturated heterocycles. The molecule has 2 aromatic heterocycles. The Bertz CT molecular complexity index is 906. The number of rotatable bonds is 8. The molecule has 1 atom stereocenters. The van der Waals surface area contributed by atoms with Crippen LogP contribution in [0.5, 0.6) is 0 Å². The number of H-pyrrole nitrogens is 1. The van der Waals surface area contributed by atoms with Crippen LogP contribution in [0, 0.1) is 19.8 Å². The van der Waals surface area contributed by atoms with Crippen molar-refractivity contribution >= 4 is 17.7 Å². The van der Waals surface area contributed by atoms with Crippen molar-refractivity contribution in [2.75, 3.05) is 6.61 Å². The van der Waals surface area contributed by atoms with Crippen LogP contribution >= 0.6 is 0 Å². The van der Waals surface area contributed by atoms with Gasteiger partial charge in [-0.3, -0.25) is 9.59 Å². The Hall–Kier alpha value is -2.83. The van der Waals surface area contributed by atoms with Gasteiger partial charge in [0.15, 0.2) is 5.78 Å². The molecule has 0 aromatic carbocycles. The van der Waals surface area contributed by atoms with Crippen LogP contribution in [-0.4, -0.2) is 40.2 Å². The van der Waals surface area contributed by atoms with E-state index in [1.165, 1.54) is 0 Å². The van der Waals surface area contributed by atoms with Gasteiger partial charge in [-0.05, 0) is 58.2 Å². The zero-order valence-electron chi connectivity index (χ0n) is 18.1. The zero-order chi connectivity index (χ0) is 21.8. The van der Waals surface area contributed by atoms with Crippen LogP contribution < -0.4 is 0 Å². The van der Waals surface area contributed by atoms with Gasteiger partial charge in [0.25, 0.3) is 0 Å². The number of furan rings is 1. The van der Waals surface area contributed by atoms with Gasteiger partial charge in [-0.25, -0.2) is 4.79 Å². The molecule has 1 N–H and O–H groups in total. The minimum absolute atomic E-state index is 0.0128. The molecule has 2 aromatic rings. The predicted octanol–water partition coefficient (Wildman–Crippen LogP) is 4.19. The van der Waals surface area contributed by atoms with E-state index in [0.29, 0.717) is 22.6 Å². The van der Waals surface area contributed by atoms with Crippen LogP contribution in [0.3, 0.4) is 0 Å². The van der Waals surface area contributed by atoms with E-state index >= 15 is 0 Å². The van der Waals surface area contributed by atoms with Crippen LogP contribution in [0.25, 0.3) is 0 Å². The number of aryl methyl sites for hydroxylation is 1. The van der Waals surface area contributed by atoms with E-state index in [0.717, 1.165) is 25.7 Å². The average Bonchev–Trinajstić information content (AvgIpc) is 3.47. The third kappa shape index (κ3) is 4.35. The number of carbonyl (C=O) groups excluding carboxylic acids is 3. The Balaban J connectivity index is 1.90. The van der Waals surface area contributed by atoms with E-state index in [1.807, 2.05) is 0 Å². The van der Waals surface area contributed by atoms with Gasteiger partial charge in [0.2, 0.25) is 5.91 Å². The van der Waals surface area contributed by atoms with Crippen molar-refractivity contribution in [1.82, 2.24) is 9.88 Å². The van der Waals surface area contributed by atoms with Crippen molar-refractivity contribution in [3.63, 3.8) is 0 Å². The number of aromatic nitrogens is 1. The van der Waals surface area contributed by atoms with Gasteiger partial charge in [0.1, 0.15) is 11.5 Å². The number of carbonyl (C=O) groups is 3. The average molecular weight is 415 g/mol. The Morgan fingerprint density at radius 3 is 2.57 bits per heavy atom. The molecule has 0 aliphatic heterocycles. The molecule has 0 spiro atoms. The summed E-state index contributed by atoms with van der Waals surface area (Å²) in [6, 6.07) is 2.88. The third-order valence-electron chi connectivity index (χ3n) is 5.90. The standard InChI is InChI=1S/C23H30N2O5/c1-5-29-23(28)20-14(2)19(15(3)24-20)21(26)16(4)25(13-18-11-8-12-30-18)22(27)17-9-6-7-10-17/h8,11-12,16-17,24H,5-7,9-10,13H2,1-4H3/t16-/m1/s1. The summed E-state index contributed by atoms with van der Waals surface area (Å²) in [5, 5.41) is 0. The normalized spacial score (nSPS) is 15.2. The summed E-state index contributed by atoms with van der Waals surface area (Å²) in [6.45, 7) is 7.45. The van der Waals surface area contributed by atoms with Gasteiger partial charge >= 0.3 is 5.97 Å². The number of hydrogen-bond donors (Lipinski definition) is 1. The van der Waals surface area contributed by atoms with Crippen molar-refractivity contribution in [2.24, 2.45) is 5.92 Å². The molecule has 2 heterocycles. The van der Waals surface area contributed by atoms with Crippen molar-refractivity contribution < 1.29 is 23.5 Å². The molecule has 0 bridgehead atoms. The molecular formula is C23H30N2O5. The maximum Gasteiger partial charge on any atom is 0.355 e. The fourth-order valence-electron chi connectivity index (χ4n) is 4.26. The molecule has 162 valence electrons. The lowest BCUT2D eigenvalue weighted by molar-refractivity contribution is -0.137. The third-order valence-corrected chi connectivity index (χ3v) is 5.90. The highest BCUT2D eigenvalue weighted by Crippen LogP contribution is 2.29. The number of nitrogens with zero attached hydrogens (tertiary/aromatic N) is 1. The zero-order valence-corrected chi connectivity index (χ0v) is 18.1. The second-order valence-electron chi connectivity index (χ2n) is 7.91. The summed E-state index contributed by atoms with van der Waals surface area (Å²) in [7, 11) is 0. The largest absolute Gasteiger partial charge is 0.467 e. The topological polar surface area (TPSA) is 92.6 Å². The fraction of sp³-hybridized carbons (Fsp3) is 0.522. The second-order valence-corrected chi connectivity index (χ2v) is 7.91. The van der Waals surface area contributed by atoms with Crippen LogP contribution in [0.2, 0.25) is 0 Å². The van der Waals surface area contributed by atoms with E-state index in [2.05, 4.69) is 4.98 Å². The molecule has 30 heavy (non-hydrogen) atoms. The Morgan fingerprint density at radius 2 is 1.97 bits per heavy atom. The smallest absolute Gasteiger partial charge is 0.355 e. The number of nitrogens with one attached hydrogen (secondary N) is 1. The number of esters is 1. The summed E-state index contributed by atoms with van der Waals surface area (Å²) in [5.41, 5.74) is 1.87. The monoisotopic (exact) mass is 414 g/mol. The first kappa shape index (κ1) is 21.9. The minimum Gasteiger partial charge on any atom is -0.467 e. The van der Waals surface area contributed by atoms with E-state index in [4.69, 9.17) is 9.15 Å². The maximum atomic E-state index is 13.5. The first-order chi connectivity index (χ1) is 14.3. The summed E-state index contributed by atoms with van der Waals surface area (Å²) >= 11 is 0. The molecule has 0 unspecified atom stereocenters. The molecule has 1 aliphatic carbocycles. The highest BCUT2D eigenvalue weighted by atomic mass is 16.5. The van der Waals surface area contributed by atoms with Crippen LogP contribution in [0.1, 0.15) is 77.4 Å². The summed E-state index contributed by atoms with van der Waals surface area (Å²) in [4.78, 5) is 43.6. The molecule has 7 heteroatoms. The first-order valence-electron chi connectivity index (χ1n) is 10.6.